The van der Waals surface area contributed by atoms with Crippen LogP contribution >= 0.6 is 0 Å². The van der Waals surface area contributed by atoms with Gasteiger partial charge in [-0.1, -0.05) is 18.6 Å². The zero-order valence-electron chi connectivity index (χ0n) is 11.3. The van der Waals surface area contributed by atoms with Crippen molar-refractivity contribution in [2.24, 2.45) is 5.92 Å². The monoisotopic (exact) mass is 263 g/mol. The maximum absolute atomic E-state index is 11.8. The number of aliphatic hydroxyl groups excluding tert-OH is 1. The third-order valence-electron chi connectivity index (χ3n) is 3.70. The van der Waals surface area contributed by atoms with Crippen molar-refractivity contribution >= 4 is 5.91 Å². The average molecular weight is 263 g/mol. The van der Waals surface area contributed by atoms with E-state index in [1.54, 1.807) is 7.11 Å². The second-order valence-corrected chi connectivity index (χ2v) is 5.09. The molecular formula is C15H21NO3. The van der Waals surface area contributed by atoms with E-state index in [-0.39, 0.29) is 17.9 Å². The van der Waals surface area contributed by atoms with Crippen molar-refractivity contribution in [3.8, 4) is 5.75 Å². The van der Waals surface area contributed by atoms with Gasteiger partial charge in [-0.2, -0.15) is 0 Å². The van der Waals surface area contributed by atoms with Gasteiger partial charge in [0.25, 0.3) is 0 Å². The lowest BCUT2D eigenvalue weighted by Gasteiger charge is -2.15. The largest absolute Gasteiger partial charge is 0.497 e. The quantitative estimate of drug-likeness (QED) is 0.846. The summed E-state index contributed by atoms with van der Waals surface area (Å²) in [6.07, 6.45) is 3.04. The Bertz CT molecular complexity index is 416. The van der Waals surface area contributed by atoms with Gasteiger partial charge in [-0.3, -0.25) is 4.79 Å². The van der Waals surface area contributed by atoms with E-state index < -0.39 is 0 Å². The molecule has 19 heavy (non-hydrogen) atoms. The number of carbonyl (C=O) groups is 1. The molecule has 0 saturated heterocycles. The van der Waals surface area contributed by atoms with Crippen molar-refractivity contribution in [2.45, 2.75) is 31.8 Å². The summed E-state index contributed by atoms with van der Waals surface area (Å²) in [6.45, 7) is 0.580. The van der Waals surface area contributed by atoms with Crippen LogP contribution in [0.2, 0.25) is 0 Å². The summed E-state index contributed by atoms with van der Waals surface area (Å²) in [5.41, 5.74) is 0.963. The van der Waals surface area contributed by atoms with E-state index in [0.717, 1.165) is 30.6 Å². The van der Waals surface area contributed by atoms with Gasteiger partial charge in [0.15, 0.2) is 0 Å². The molecule has 0 bridgehead atoms. The third kappa shape index (κ3) is 3.96. The molecule has 2 N–H and O–H groups in total. The summed E-state index contributed by atoms with van der Waals surface area (Å²) in [5, 5.41) is 12.6. The Balaban J connectivity index is 1.77. The Labute approximate surface area is 113 Å². The molecule has 2 unspecified atom stereocenters. The molecule has 4 heteroatoms. The van der Waals surface area contributed by atoms with E-state index >= 15 is 0 Å². The molecule has 1 aliphatic rings. The highest BCUT2D eigenvalue weighted by molar-refractivity contribution is 5.78. The van der Waals surface area contributed by atoms with Gasteiger partial charge in [-0.05, 0) is 30.5 Å². The van der Waals surface area contributed by atoms with E-state index in [4.69, 9.17) is 4.74 Å². The third-order valence-corrected chi connectivity index (χ3v) is 3.70. The van der Waals surface area contributed by atoms with Gasteiger partial charge >= 0.3 is 0 Å². The molecule has 1 aromatic rings. The number of aliphatic hydroxyl groups is 1. The number of benzene rings is 1. The number of ether oxygens (including phenoxy) is 1. The van der Waals surface area contributed by atoms with Gasteiger partial charge in [-0.25, -0.2) is 0 Å². The fraction of sp³-hybridized carbons (Fsp3) is 0.533. The minimum atomic E-state index is -0.249. The summed E-state index contributed by atoms with van der Waals surface area (Å²) < 4.78 is 5.07. The van der Waals surface area contributed by atoms with Crippen molar-refractivity contribution in [3.63, 3.8) is 0 Å². The maximum atomic E-state index is 11.8. The molecule has 2 rings (SSSR count). The molecule has 1 saturated carbocycles. The van der Waals surface area contributed by atoms with E-state index in [9.17, 15) is 9.90 Å². The lowest BCUT2D eigenvalue weighted by Crippen LogP contribution is -2.33. The van der Waals surface area contributed by atoms with Gasteiger partial charge in [0.05, 0.1) is 19.6 Å². The molecule has 1 fully saturated rings. The van der Waals surface area contributed by atoms with Gasteiger partial charge in [-0.15, -0.1) is 0 Å². The van der Waals surface area contributed by atoms with Crippen molar-refractivity contribution < 1.29 is 14.6 Å². The molecule has 104 valence electrons. The zero-order valence-corrected chi connectivity index (χ0v) is 11.3. The molecule has 0 aromatic heterocycles. The number of rotatable bonds is 5. The number of amides is 1. The van der Waals surface area contributed by atoms with Gasteiger partial charge in [0.1, 0.15) is 5.75 Å². The molecule has 2 atom stereocenters. The van der Waals surface area contributed by atoms with Gasteiger partial charge in [0.2, 0.25) is 5.91 Å². The van der Waals surface area contributed by atoms with Crippen LogP contribution in [0.25, 0.3) is 0 Å². The van der Waals surface area contributed by atoms with Gasteiger partial charge in [0, 0.05) is 12.5 Å². The Hall–Kier alpha value is -1.55. The highest BCUT2D eigenvalue weighted by atomic mass is 16.5. The highest BCUT2D eigenvalue weighted by Crippen LogP contribution is 2.24. The first-order valence-electron chi connectivity index (χ1n) is 6.76. The van der Waals surface area contributed by atoms with Crippen LogP contribution in [0.4, 0.5) is 0 Å². The number of carbonyl (C=O) groups excluding carboxylic acids is 1. The number of hydrogen-bond donors (Lipinski definition) is 2. The molecule has 1 amide bonds. The lowest BCUT2D eigenvalue weighted by molar-refractivity contribution is -0.120. The van der Waals surface area contributed by atoms with Crippen molar-refractivity contribution in [1.29, 1.82) is 0 Å². The molecule has 0 aliphatic heterocycles. The molecule has 4 nitrogen and oxygen atoms in total. The molecular weight excluding hydrogens is 242 g/mol. The minimum Gasteiger partial charge on any atom is -0.497 e. The van der Waals surface area contributed by atoms with E-state index in [0.29, 0.717) is 13.0 Å². The molecule has 1 aliphatic carbocycles. The first-order valence-corrected chi connectivity index (χ1v) is 6.76. The smallest absolute Gasteiger partial charge is 0.224 e. The molecule has 0 spiro atoms. The maximum Gasteiger partial charge on any atom is 0.224 e. The van der Waals surface area contributed by atoms with Crippen LogP contribution in [-0.2, 0) is 11.2 Å². The van der Waals surface area contributed by atoms with Crippen molar-refractivity contribution in [2.75, 3.05) is 13.7 Å². The van der Waals surface area contributed by atoms with Crippen LogP contribution in [0.5, 0.6) is 5.75 Å². The first kappa shape index (κ1) is 13.9. The molecule has 0 radical (unpaired) electrons. The normalized spacial score (nSPS) is 22.2. The topological polar surface area (TPSA) is 58.6 Å². The number of hydrogen-bond acceptors (Lipinski definition) is 3. The average Bonchev–Trinajstić information content (AvgIpc) is 2.83. The lowest BCUT2D eigenvalue weighted by atomic mass is 10.1. The Morgan fingerprint density at radius 1 is 1.37 bits per heavy atom. The Morgan fingerprint density at radius 2 is 2.11 bits per heavy atom. The van der Waals surface area contributed by atoms with Crippen LogP contribution in [0.1, 0.15) is 24.8 Å². The van der Waals surface area contributed by atoms with E-state index in [1.165, 1.54) is 0 Å². The van der Waals surface area contributed by atoms with Gasteiger partial charge < -0.3 is 15.2 Å². The standard InChI is InChI=1S/C15H21NO3/c1-19-13-7-5-11(6-8-13)9-15(18)16-10-12-3-2-4-14(12)17/h5-8,12,14,17H,2-4,9-10H2,1H3,(H,16,18). The summed E-state index contributed by atoms with van der Waals surface area (Å²) in [7, 11) is 1.62. The number of methoxy groups -OCH3 is 1. The SMILES string of the molecule is COc1ccc(CC(=O)NCC2CCCC2O)cc1. The summed E-state index contributed by atoms with van der Waals surface area (Å²) >= 11 is 0. The number of nitrogens with one attached hydrogen (secondary N) is 1. The Kier molecular flexibility index (Phi) is 4.80. The second-order valence-electron chi connectivity index (χ2n) is 5.09. The minimum absolute atomic E-state index is 0.00395. The van der Waals surface area contributed by atoms with Crippen LogP contribution in [0.15, 0.2) is 24.3 Å². The first-order chi connectivity index (χ1) is 9.19. The van der Waals surface area contributed by atoms with Crippen LogP contribution in [-0.4, -0.2) is 30.8 Å². The second kappa shape index (κ2) is 6.57. The van der Waals surface area contributed by atoms with Crippen LogP contribution < -0.4 is 10.1 Å². The highest BCUT2D eigenvalue weighted by Gasteiger charge is 2.25. The zero-order chi connectivity index (χ0) is 13.7. The summed E-state index contributed by atoms with van der Waals surface area (Å²) in [6, 6.07) is 7.48. The molecule has 0 heterocycles. The van der Waals surface area contributed by atoms with E-state index in [1.807, 2.05) is 24.3 Å². The molecule has 1 aromatic carbocycles. The van der Waals surface area contributed by atoms with E-state index in [2.05, 4.69) is 5.32 Å². The fourth-order valence-electron chi connectivity index (χ4n) is 2.49. The van der Waals surface area contributed by atoms with Crippen LogP contribution in [0, 0.1) is 5.92 Å². The summed E-state index contributed by atoms with van der Waals surface area (Å²) in [5.74, 6) is 1.02. The predicted octanol–water partition coefficient (Wildman–Crippen LogP) is 1.51. The Morgan fingerprint density at radius 3 is 2.68 bits per heavy atom. The predicted molar refractivity (Wildman–Crippen MR) is 73.1 cm³/mol. The van der Waals surface area contributed by atoms with Crippen molar-refractivity contribution in [3.05, 3.63) is 29.8 Å². The van der Waals surface area contributed by atoms with Crippen molar-refractivity contribution in [1.82, 2.24) is 5.32 Å². The van der Waals surface area contributed by atoms with Crippen LogP contribution in [0.3, 0.4) is 0 Å². The summed E-state index contributed by atoms with van der Waals surface area (Å²) in [4.78, 5) is 11.8. The fourth-order valence-corrected chi connectivity index (χ4v) is 2.49.